The molecule has 0 unspecified atom stereocenters. The first-order valence-corrected chi connectivity index (χ1v) is 5.63. The molecule has 1 nitrogen and oxygen atoms in total. The molecule has 0 atom stereocenters. The van der Waals surface area contributed by atoms with Crippen molar-refractivity contribution in [1.82, 2.24) is 0 Å². The van der Waals surface area contributed by atoms with Gasteiger partial charge in [-0.15, -0.1) is 0 Å². The summed E-state index contributed by atoms with van der Waals surface area (Å²) >= 11 is 0. The Hall–Kier alpha value is -2.28. The Balaban J connectivity index is 2.06. The maximum atomic E-state index is 5.28. The molecular formula is C16H12O. The number of hydrogen-bond donors (Lipinski definition) is 0. The van der Waals surface area contributed by atoms with Gasteiger partial charge in [0.2, 0.25) is 0 Å². The van der Waals surface area contributed by atoms with Crippen LogP contribution in [0.15, 0.2) is 65.3 Å². The van der Waals surface area contributed by atoms with E-state index in [0.717, 1.165) is 5.76 Å². The Kier molecular flexibility index (Phi) is 2.51. The normalized spacial score (nSPS) is 11.3. The molecule has 0 aliphatic rings. The molecule has 0 saturated heterocycles. The molecule has 1 aromatic heterocycles. The van der Waals surface area contributed by atoms with E-state index >= 15 is 0 Å². The van der Waals surface area contributed by atoms with Gasteiger partial charge >= 0.3 is 0 Å². The second-order valence-corrected chi connectivity index (χ2v) is 3.92. The van der Waals surface area contributed by atoms with Crippen molar-refractivity contribution >= 4 is 22.9 Å². The van der Waals surface area contributed by atoms with Gasteiger partial charge in [0, 0.05) is 0 Å². The van der Waals surface area contributed by atoms with Crippen molar-refractivity contribution in [3.05, 3.63) is 72.2 Å². The molecule has 0 aliphatic heterocycles. The maximum absolute atomic E-state index is 5.28. The van der Waals surface area contributed by atoms with Gasteiger partial charge in [0.05, 0.1) is 6.26 Å². The van der Waals surface area contributed by atoms with Crippen molar-refractivity contribution in [3.8, 4) is 0 Å². The molecule has 0 radical (unpaired) electrons. The highest BCUT2D eigenvalue weighted by molar-refractivity contribution is 5.92. The molecular weight excluding hydrogens is 208 g/mol. The Morgan fingerprint density at radius 1 is 0.765 bits per heavy atom. The predicted molar refractivity (Wildman–Crippen MR) is 71.6 cm³/mol. The van der Waals surface area contributed by atoms with E-state index < -0.39 is 0 Å². The molecule has 0 N–H and O–H groups in total. The second kappa shape index (κ2) is 4.30. The summed E-state index contributed by atoms with van der Waals surface area (Å²) in [5.41, 5.74) is 1.21. The van der Waals surface area contributed by atoms with Crippen LogP contribution in [0.3, 0.4) is 0 Å². The summed E-state index contributed by atoms with van der Waals surface area (Å²) in [6.07, 6.45) is 5.76. The lowest BCUT2D eigenvalue weighted by Gasteiger charge is -2.00. The SMILES string of the molecule is C(=C/c1cccc2ccccc12)/c1ccco1. The van der Waals surface area contributed by atoms with Crippen LogP contribution in [0.4, 0.5) is 0 Å². The van der Waals surface area contributed by atoms with Gasteiger partial charge in [-0.2, -0.15) is 0 Å². The van der Waals surface area contributed by atoms with Gasteiger partial charge in [-0.05, 0) is 34.5 Å². The van der Waals surface area contributed by atoms with Gasteiger partial charge < -0.3 is 4.42 Å². The molecule has 0 aliphatic carbocycles. The van der Waals surface area contributed by atoms with Gasteiger partial charge in [-0.3, -0.25) is 0 Å². The summed E-state index contributed by atoms with van der Waals surface area (Å²) in [6.45, 7) is 0. The predicted octanol–water partition coefficient (Wildman–Crippen LogP) is 4.60. The highest BCUT2D eigenvalue weighted by Gasteiger charge is 1.96. The fourth-order valence-electron chi connectivity index (χ4n) is 1.95. The summed E-state index contributed by atoms with van der Waals surface area (Å²) in [5.74, 6) is 0.873. The van der Waals surface area contributed by atoms with Crippen molar-refractivity contribution in [2.45, 2.75) is 0 Å². The Labute approximate surface area is 100 Å². The van der Waals surface area contributed by atoms with E-state index in [9.17, 15) is 0 Å². The van der Waals surface area contributed by atoms with Gasteiger partial charge in [0.15, 0.2) is 0 Å². The lowest BCUT2D eigenvalue weighted by atomic mass is 10.0. The zero-order valence-electron chi connectivity index (χ0n) is 9.34. The van der Waals surface area contributed by atoms with Gasteiger partial charge in [0.1, 0.15) is 5.76 Å². The van der Waals surface area contributed by atoms with Gasteiger partial charge in [0.25, 0.3) is 0 Å². The number of hydrogen-bond acceptors (Lipinski definition) is 1. The molecule has 0 bridgehead atoms. The molecule has 0 spiro atoms. The van der Waals surface area contributed by atoms with Crippen LogP contribution in [0.1, 0.15) is 11.3 Å². The van der Waals surface area contributed by atoms with Crippen LogP contribution in [0.5, 0.6) is 0 Å². The standard InChI is InChI=1S/C16H12O/c1-2-9-16-13(5-1)6-3-7-14(16)10-11-15-8-4-12-17-15/h1-12H/b11-10-. The molecule has 1 heterocycles. The quantitative estimate of drug-likeness (QED) is 0.615. The number of benzene rings is 2. The van der Waals surface area contributed by atoms with E-state index in [1.807, 2.05) is 18.2 Å². The molecule has 3 rings (SSSR count). The molecule has 17 heavy (non-hydrogen) atoms. The summed E-state index contributed by atoms with van der Waals surface area (Å²) in [4.78, 5) is 0. The topological polar surface area (TPSA) is 13.1 Å². The van der Waals surface area contributed by atoms with Crippen molar-refractivity contribution in [2.24, 2.45) is 0 Å². The van der Waals surface area contributed by atoms with E-state index in [2.05, 4.69) is 48.5 Å². The van der Waals surface area contributed by atoms with E-state index in [1.54, 1.807) is 6.26 Å². The van der Waals surface area contributed by atoms with E-state index in [0.29, 0.717) is 0 Å². The minimum Gasteiger partial charge on any atom is -0.465 e. The monoisotopic (exact) mass is 220 g/mol. The lowest BCUT2D eigenvalue weighted by molar-refractivity contribution is 0.557. The average molecular weight is 220 g/mol. The molecule has 2 aromatic carbocycles. The third-order valence-corrected chi connectivity index (χ3v) is 2.79. The van der Waals surface area contributed by atoms with Crippen LogP contribution in [0, 0.1) is 0 Å². The molecule has 82 valence electrons. The molecule has 0 amide bonds. The minimum absolute atomic E-state index is 0.873. The van der Waals surface area contributed by atoms with Crippen LogP contribution in [0.2, 0.25) is 0 Å². The zero-order chi connectivity index (χ0) is 11.5. The largest absolute Gasteiger partial charge is 0.465 e. The first kappa shape index (κ1) is 9.91. The van der Waals surface area contributed by atoms with Crippen molar-refractivity contribution in [2.75, 3.05) is 0 Å². The zero-order valence-corrected chi connectivity index (χ0v) is 9.34. The highest BCUT2D eigenvalue weighted by Crippen LogP contribution is 2.20. The molecule has 0 fully saturated rings. The number of fused-ring (bicyclic) bond motifs is 1. The van der Waals surface area contributed by atoms with Crippen molar-refractivity contribution in [3.63, 3.8) is 0 Å². The van der Waals surface area contributed by atoms with Crippen molar-refractivity contribution in [1.29, 1.82) is 0 Å². The summed E-state index contributed by atoms with van der Waals surface area (Å²) in [7, 11) is 0. The summed E-state index contributed by atoms with van der Waals surface area (Å²) < 4.78 is 5.28. The van der Waals surface area contributed by atoms with E-state index in [4.69, 9.17) is 4.42 Å². The Morgan fingerprint density at radius 2 is 1.65 bits per heavy atom. The Bertz CT molecular complexity index is 643. The van der Waals surface area contributed by atoms with Crippen LogP contribution in [-0.2, 0) is 0 Å². The fourth-order valence-corrected chi connectivity index (χ4v) is 1.95. The van der Waals surface area contributed by atoms with Crippen LogP contribution in [-0.4, -0.2) is 0 Å². The Morgan fingerprint density at radius 3 is 2.53 bits per heavy atom. The van der Waals surface area contributed by atoms with Gasteiger partial charge in [-0.25, -0.2) is 0 Å². The second-order valence-electron chi connectivity index (χ2n) is 3.92. The third-order valence-electron chi connectivity index (χ3n) is 2.79. The van der Waals surface area contributed by atoms with E-state index in [-0.39, 0.29) is 0 Å². The third kappa shape index (κ3) is 2.00. The minimum atomic E-state index is 0.873. The van der Waals surface area contributed by atoms with E-state index in [1.165, 1.54) is 16.3 Å². The molecule has 1 heteroatoms. The van der Waals surface area contributed by atoms with Crippen LogP contribution in [0.25, 0.3) is 22.9 Å². The number of furan rings is 1. The maximum Gasteiger partial charge on any atom is 0.126 e. The summed E-state index contributed by atoms with van der Waals surface area (Å²) in [6, 6.07) is 18.5. The van der Waals surface area contributed by atoms with Crippen LogP contribution >= 0.6 is 0 Å². The van der Waals surface area contributed by atoms with Crippen molar-refractivity contribution < 1.29 is 4.42 Å². The highest BCUT2D eigenvalue weighted by atomic mass is 16.3. The smallest absolute Gasteiger partial charge is 0.126 e. The molecule has 3 aromatic rings. The number of rotatable bonds is 2. The lowest BCUT2D eigenvalue weighted by Crippen LogP contribution is -1.77. The van der Waals surface area contributed by atoms with Gasteiger partial charge in [-0.1, -0.05) is 48.5 Å². The average Bonchev–Trinajstić information content (AvgIpc) is 2.89. The van der Waals surface area contributed by atoms with Crippen LogP contribution < -0.4 is 0 Å². The summed E-state index contributed by atoms with van der Waals surface area (Å²) in [5, 5.41) is 2.52. The first-order chi connectivity index (χ1) is 8.43. The fraction of sp³-hybridized carbons (Fsp3) is 0. The first-order valence-electron chi connectivity index (χ1n) is 5.63. The molecule has 0 saturated carbocycles.